The van der Waals surface area contributed by atoms with Crippen LogP contribution in [0.1, 0.15) is 0 Å². The predicted molar refractivity (Wildman–Crippen MR) is 14.7 cm³/mol. The summed E-state index contributed by atoms with van der Waals surface area (Å²) in [7, 11) is 0. The van der Waals surface area contributed by atoms with E-state index in [2.05, 4.69) is 0 Å². The smallest absolute Gasteiger partial charge is 0.112 e. The van der Waals surface area contributed by atoms with Crippen LogP contribution in [0.5, 0.6) is 0 Å². The second-order valence-corrected chi connectivity index (χ2v) is 0.875. The van der Waals surface area contributed by atoms with Crippen molar-refractivity contribution in [2.45, 2.75) is 0 Å². The van der Waals surface area contributed by atoms with Crippen LogP contribution < -0.4 is 0 Å². The second-order valence-electron chi connectivity index (χ2n) is 0.292. The van der Waals surface area contributed by atoms with E-state index in [-0.39, 0.29) is 0 Å². The summed E-state index contributed by atoms with van der Waals surface area (Å²) in [5.41, 5.74) is 0. The highest BCUT2D eigenvalue weighted by Crippen LogP contribution is 1.64. The Hall–Kier alpha value is -0.290. The zero-order chi connectivity index (χ0) is 4.28. The average molecular weight is 94.1 g/mol. The lowest BCUT2D eigenvalue weighted by molar-refractivity contribution is 0.538. The van der Waals surface area contributed by atoms with Crippen molar-refractivity contribution in [3.05, 3.63) is 4.91 Å². The van der Waals surface area contributed by atoms with Gasteiger partial charge in [-0.15, -0.1) is 4.91 Å². The molecule has 0 saturated heterocycles. The van der Waals surface area contributed by atoms with E-state index in [9.17, 15) is 0 Å². The Morgan fingerprint density at radius 3 is 2.00 bits per heavy atom. The molecule has 0 bridgehead atoms. The Labute approximate surface area is 30.6 Å². The van der Waals surface area contributed by atoms with Crippen molar-refractivity contribution in [3.63, 3.8) is 0 Å². The van der Waals surface area contributed by atoms with E-state index in [0.717, 1.165) is 0 Å². The maximum atomic E-state index is 8.89. The van der Waals surface area contributed by atoms with E-state index in [4.69, 9.17) is 13.7 Å². The van der Waals surface area contributed by atoms with Crippen LogP contribution in [0.25, 0.3) is 0 Å². The van der Waals surface area contributed by atoms with Crippen molar-refractivity contribution >= 4 is 11.3 Å². The number of hydrogen-bond donors (Lipinski definition) is 0. The maximum Gasteiger partial charge on any atom is 0.112 e. The molecular weight excluding hydrogens is 94.1 g/mol. The van der Waals surface area contributed by atoms with Gasteiger partial charge in [0.05, 0.1) is 0 Å². The fourth-order valence-electron chi connectivity index (χ4n) is 0. The predicted octanol–water partition coefficient (Wildman–Crippen LogP) is -0.453. The zero-order valence-electron chi connectivity index (χ0n) is 2.08. The average Bonchev–Trinajstić information content (AvgIpc) is 1.38. The van der Waals surface area contributed by atoms with Crippen molar-refractivity contribution in [1.29, 1.82) is 0 Å². The highest BCUT2D eigenvalue weighted by atomic mass is 32.2. The third-order valence-corrected chi connectivity index (χ3v) is 0.183. The molecule has 0 aliphatic rings. The fourth-order valence-corrected chi connectivity index (χ4v) is 0. The van der Waals surface area contributed by atoms with Crippen LogP contribution in [0.15, 0.2) is 4.58 Å². The molecule has 4 nitrogen and oxygen atoms in total. The molecule has 0 aromatic carbocycles. The Kier molecular flexibility index (Phi) is 1.86. The van der Waals surface area contributed by atoms with E-state index in [0.29, 0.717) is 0 Å². The van der Waals surface area contributed by atoms with Crippen LogP contribution in [0.4, 0.5) is 0 Å². The molecule has 1 unspecified atom stereocenters. The lowest BCUT2D eigenvalue weighted by Crippen LogP contribution is -1.71. The van der Waals surface area contributed by atoms with Gasteiger partial charge in [0.15, 0.2) is 0 Å². The topological polar surface area (TPSA) is 69.6 Å². The van der Waals surface area contributed by atoms with Gasteiger partial charge in [-0.25, -0.2) is 4.21 Å². The van der Waals surface area contributed by atoms with Crippen LogP contribution in [-0.4, -0.2) is 8.76 Å². The molecule has 0 heterocycles. The summed E-state index contributed by atoms with van der Waals surface area (Å²) in [6.07, 6.45) is 0. The molecule has 0 spiro atoms. The molecule has 5 heavy (non-hydrogen) atoms. The molecular formula is NO3S-. The van der Waals surface area contributed by atoms with Gasteiger partial charge in [0.1, 0.15) is 11.3 Å². The molecule has 0 aromatic rings. The van der Waals surface area contributed by atoms with Gasteiger partial charge in [-0.1, -0.05) is 0 Å². The summed E-state index contributed by atoms with van der Waals surface area (Å²) in [4.78, 5) is 8.64. The highest BCUT2D eigenvalue weighted by molar-refractivity contribution is 7.77. The van der Waals surface area contributed by atoms with Crippen LogP contribution >= 0.6 is 0 Å². The van der Waals surface area contributed by atoms with E-state index >= 15 is 0 Å². The summed E-state index contributed by atoms with van der Waals surface area (Å²) in [6, 6.07) is 0. The van der Waals surface area contributed by atoms with Crippen LogP contribution in [0.3, 0.4) is 0 Å². The highest BCUT2D eigenvalue weighted by Gasteiger charge is 1.59. The third-order valence-electron chi connectivity index (χ3n) is 0.0609. The van der Waals surface area contributed by atoms with E-state index in [1.807, 2.05) is 0 Å². The van der Waals surface area contributed by atoms with Gasteiger partial charge in [-0.3, -0.25) is 0 Å². The largest absolute Gasteiger partial charge is 0.751 e. The lowest BCUT2D eigenvalue weighted by atomic mass is 13.7. The van der Waals surface area contributed by atoms with Gasteiger partial charge >= 0.3 is 0 Å². The normalized spacial score (nSPS) is 13.8. The van der Waals surface area contributed by atoms with Crippen LogP contribution in [0, 0.1) is 4.91 Å². The standard InChI is InChI=1S/HNO3S/c2-1-5(3)4/h(H,3,4)/p-1. The van der Waals surface area contributed by atoms with Gasteiger partial charge in [0.2, 0.25) is 0 Å². The van der Waals surface area contributed by atoms with Gasteiger partial charge in [-0.2, -0.15) is 0 Å². The zero-order valence-corrected chi connectivity index (χ0v) is 2.90. The van der Waals surface area contributed by atoms with Crippen LogP contribution in [0.2, 0.25) is 0 Å². The summed E-state index contributed by atoms with van der Waals surface area (Å²) in [5.74, 6) is 0. The first kappa shape index (κ1) is 4.71. The molecule has 0 saturated carbocycles. The van der Waals surface area contributed by atoms with Gasteiger partial charge in [-0.05, 0) is 0 Å². The minimum Gasteiger partial charge on any atom is -0.751 e. The Morgan fingerprint density at radius 2 is 2.00 bits per heavy atom. The fraction of sp³-hybridized carbons (Fsp3) is 0. The quantitative estimate of drug-likeness (QED) is 0.326. The third kappa shape index (κ3) is 3.71. The van der Waals surface area contributed by atoms with Gasteiger partial charge < -0.3 is 4.55 Å². The minimum atomic E-state index is -2.75. The summed E-state index contributed by atoms with van der Waals surface area (Å²) in [5, 5.41) is 0. The first-order valence-electron chi connectivity index (χ1n) is 0.698. The van der Waals surface area contributed by atoms with Crippen molar-refractivity contribution in [3.8, 4) is 0 Å². The molecule has 0 N–H and O–H groups in total. The van der Waals surface area contributed by atoms with Crippen LogP contribution in [-0.2, 0) is 11.3 Å². The molecule has 0 radical (unpaired) electrons. The molecule has 0 aromatic heterocycles. The lowest BCUT2D eigenvalue weighted by Gasteiger charge is -1.81. The SMILES string of the molecule is O=NS(=O)[O-]. The molecule has 1 atom stereocenters. The van der Waals surface area contributed by atoms with E-state index in [1.165, 1.54) is 0 Å². The second kappa shape index (κ2) is 1.98. The molecule has 0 aliphatic heterocycles. The monoisotopic (exact) mass is 94.0 g/mol. The Balaban J connectivity index is 3.20. The Morgan fingerprint density at radius 1 is 1.80 bits per heavy atom. The minimum absolute atomic E-state index is 1.56. The molecule has 0 amide bonds. The van der Waals surface area contributed by atoms with Gasteiger partial charge in [0, 0.05) is 4.58 Å². The van der Waals surface area contributed by atoms with Gasteiger partial charge in [0.25, 0.3) is 0 Å². The molecule has 5 heteroatoms. The molecule has 0 rings (SSSR count). The number of nitroso groups, excluding NO2 is 1. The number of nitrogens with zero attached hydrogens (tertiary/aromatic N) is 1. The summed E-state index contributed by atoms with van der Waals surface area (Å²) in [6.45, 7) is 0. The number of hydrogen-bond acceptors (Lipinski definition) is 3. The van der Waals surface area contributed by atoms with E-state index < -0.39 is 11.3 Å². The van der Waals surface area contributed by atoms with Crippen molar-refractivity contribution in [2.75, 3.05) is 0 Å². The van der Waals surface area contributed by atoms with E-state index in [1.54, 1.807) is 4.58 Å². The molecule has 0 aliphatic carbocycles. The number of rotatable bonds is 1. The van der Waals surface area contributed by atoms with Crippen molar-refractivity contribution in [1.82, 2.24) is 0 Å². The maximum absolute atomic E-state index is 8.89. The Bertz CT molecular complexity index is 57.9. The molecule has 0 fully saturated rings. The summed E-state index contributed by atoms with van der Waals surface area (Å²) >= 11 is -2.75. The van der Waals surface area contributed by atoms with Crippen molar-refractivity contribution in [2.24, 2.45) is 4.58 Å². The molecule has 30 valence electrons. The summed E-state index contributed by atoms with van der Waals surface area (Å²) < 4.78 is 19.3. The first-order valence-corrected chi connectivity index (χ1v) is 1.73. The van der Waals surface area contributed by atoms with Crippen molar-refractivity contribution < 1.29 is 8.76 Å². The first-order chi connectivity index (χ1) is 2.27.